The molecule has 0 spiro atoms. The van der Waals surface area contributed by atoms with E-state index in [1.165, 1.54) is 6.20 Å². The fourth-order valence-corrected chi connectivity index (χ4v) is 1.39. The standard InChI is InChI=1S/C10H11FN4/c1-15-5-9(14-6-15)10(12)7-2-3-13-4-8(7)11/h2-6,10H,12H2,1H3. The quantitative estimate of drug-likeness (QED) is 0.797. The maximum absolute atomic E-state index is 13.4. The van der Waals surface area contributed by atoms with Crippen LogP contribution in [0.3, 0.4) is 0 Å². The summed E-state index contributed by atoms with van der Waals surface area (Å²) in [7, 11) is 1.84. The molecule has 0 saturated heterocycles. The molecule has 0 fully saturated rings. The normalized spacial score (nSPS) is 12.7. The van der Waals surface area contributed by atoms with Gasteiger partial charge in [0.25, 0.3) is 0 Å². The van der Waals surface area contributed by atoms with E-state index in [1.807, 2.05) is 7.05 Å². The first-order chi connectivity index (χ1) is 7.18. The summed E-state index contributed by atoms with van der Waals surface area (Å²) in [6, 6.07) is 1.02. The average Bonchev–Trinajstić information content (AvgIpc) is 2.65. The number of hydrogen-bond acceptors (Lipinski definition) is 3. The molecular weight excluding hydrogens is 195 g/mol. The molecule has 0 saturated carbocycles. The predicted molar refractivity (Wildman–Crippen MR) is 53.4 cm³/mol. The van der Waals surface area contributed by atoms with Crippen LogP contribution in [0.2, 0.25) is 0 Å². The van der Waals surface area contributed by atoms with Gasteiger partial charge >= 0.3 is 0 Å². The highest BCUT2D eigenvalue weighted by atomic mass is 19.1. The molecule has 0 bridgehead atoms. The van der Waals surface area contributed by atoms with Crippen molar-refractivity contribution in [2.75, 3.05) is 0 Å². The van der Waals surface area contributed by atoms with Crippen LogP contribution < -0.4 is 5.73 Å². The smallest absolute Gasteiger partial charge is 0.146 e. The molecule has 0 aliphatic heterocycles. The van der Waals surface area contributed by atoms with Gasteiger partial charge in [0.15, 0.2) is 0 Å². The lowest BCUT2D eigenvalue weighted by Gasteiger charge is -2.09. The van der Waals surface area contributed by atoms with Crippen molar-refractivity contribution in [3.05, 3.63) is 48.1 Å². The van der Waals surface area contributed by atoms with Crippen molar-refractivity contribution >= 4 is 0 Å². The summed E-state index contributed by atoms with van der Waals surface area (Å²) in [6.07, 6.45) is 6.07. The number of nitrogens with two attached hydrogens (primary N) is 1. The molecule has 2 heterocycles. The van der Waals surface area contributed by atoms with E-state index in [-0.39, 0.29) is 0 Å². The molecule has 4 nitrogen and oxygen atoms in total. The monoisotopic (exact) mass is 206 g/mol. The summed E-state index contributed by atoms with van der Waals surface area (Å²) < 4.78 is 15.1. The van der Waals surface area contributed by atoms with Crippen molar-refractivity contribution in [1.82, 2.24) is 14.5 Å². The van der Waals surface area contributed by atoms with Crippen molar-refractivity contribution in [2.45, 2.75) is 6.04 Å². The maximum Gasteiger partial charge on any atom is 0.146 e. The number of halogens is 1. The number of rotatable bonds is 2. The summed E-state index contributed by atoms with van der Waals surface area (Å²) in [5.74, 6) is -0.407. The third-order valence-electron chi connectivity index (χ3n) is 2.18. The Hall–Kier alpha value is -1.75. The van der Waals surface area contributed by atoms with Gasteiger partial charge in [0.05, 0.1) is 24.3 Å². The van der Waals surface area contributed by atoms with Crippen LogP contribution in [-0.2, 0) is 7.05 Å². The number of hydrogen-bond donors (Lipinski definition) is 1. The Balaban J connectivity index is 2.36. The Bertz CT molecular complexity index is 466. The highest BCUT2D eigenvalue weighted by molar-refractivity contribution is 5.25. The number of imidazole rings is 1. The fourth-order valence-electron chi connectivity index (χ4n) is 1.39. The van der Waals surface area contributed by atoms with E-state index in [0.717, 1.165) is 6.20 Å². The molecular formula is C10H11FN4. The molecule has 2 rings (SSSR count). The highest BCUT2D eigenvalue weighted by Gasteiger charge is 2.15. The Kier molecular flexibility index (Phi) is 2.47. The van der Waals surface area contributed by atoms with Crippen LogP contribution in [0.4, 0.5) is 4.39 Å². The first-order valence-corrected chi connectivity index (χ1v) is 4.51. The summed E-state index contributed by atoms with van der Waals surface area (Å²) >= 11 is 0. The zero-order valence-electron chi connectivity index (χ0n) is 8.26. The molecule has 0 radical (unpaired) electrons. The molecule has 0 aromatic carbocycles. The minimum Gasteiger partial charge on any atom is -0.340 e. The summed E-state index contributed by atoms with van der Waals surface area (Å²) in [4.78, 5) is 7.75. The second-order valence-electron chi connectivity index (χ2n) is 3.34. The molecule has 2 N–H and O–H groups in total. The average molecular weight is 206 g/mol. The van der Waals surface area contributed by atoms with E-state index in [2.05, 4.69) is 9.97 Å². The third-order valence-corrected chi connectivity index (χ3v) is 2.18. The van der Waals surface area contributed by atoms with Gasteiger partial charge in [-0.05, 0) is 6.07 Å². The molecule has 0 aliphatic carbocycles. The van der Waals surface area contributed by atoms with Crippen LogP contribution in [0.5, 0.6) is 0 Å². The summed E-state index contributed by atoms with van der Waals surface area (Å²) in [6.45, 7) is 0. The van der Waals surface area contributed by atoms with E-state index >= 15 is 0 Å². The van der Waals surface area contributed by atoms with Gasteiger partial charge in [-0.2, -0.15) is 0 Å². The largest absolute Gasteiger partial charge is 0.340 e. The minimum absolute atomic E-state index is 0.406. The lowest BCUT2D eigenvalue weighted by atomic mass is 10.1. The van der Waals surface area contributed by atoms with Gasteiger partial charge in [-0.15, -0.1) is 0 Å². The van der Waals surface area contributed by atoms with Crippen LogP contribution in [0.25, 0.3) is 0 Å². The van der Waals surface area contributed by atoms with Crippen LogP contribution in [0, 0.1) is 5.82 Å². The number of aromatic nitrogens is 3. The molecule has 1 unspecified atom stereocenters. The molecule has 2 aromatic heterocycles. The SMILES string of the molecule is Cn1cnc(C(N)c2ccncc2F)c1. The van der Waals surface area contributed by atoms with Gasteiger partial charge in [-0.1, -0.05) is 0 Å². The molecule has 2 aromatic rings. The van der Waals surface area contributed by atoms with Gasteiger partial charge in [-0.3, -0.25) is 4.98 Å². The maximum atomic E-state index is 13.4. The zero-order chi connectivity index (χ0) is 10.8. The zero-order valence-corrected chi connectivity index (χ0v) is 8.26. The Morgan fingerprint density at radius 2 is 2.33 bits per heavy atom. The molecule has 78 valence electrons. The first kappa shape index (κ1) is 9.79. The van der Waals surface area contributed by atoms with Crippen molar-refractivity contribution in [2.24, 2.45) is 12.8 Å². The topological polar surface area (TPSA) is 56.7 Å². The second kappa shape index (κ2) is 3.78. The number of nitrogens with zero attached hydrogens (tertiary/aromatic N) is 3. The Morgan fingerprint density at radius 1 is 1.53 bits per heavy atom. The van der Waals surface area contributed by atoms with E-state index in [9.17, 15) is 4.39 Å². The van der Waals surface area contributed by atoms with Gasteiger partial charge in [0.2, 0.25) is 0 Å². The van der Waals surface area contributed by atoms with Crippen LogP contribution in [0.15, 0.2) is 31.0 Å². The lowest BCUT2D eigenvalue weighted by molar-refractivity contribution is 0.591. The number of aryl methyl sites for hydroxylation is 1. The van der Waals surface area contributed by atoms with Gasteiger partial charge in [-0.25, -0.2) is 9.37 Å². The van der Waals surface area contributed by atoms with Gasteiger partial charge in [0.1, 0.15) is 5.82 Å². The molecule has 0 aliphatic rings. The van der Waals surface area contributed by atoms with Gasteiger partial charge in [0, 0.05) is 25.0 Å². The van der Waals surface area contributed by atoms with Crippen molar-refractivity contribution in [3.63, 3.8) is 0 Å². The van der Waals surface area contributed by atoms with E-state index in [4.69, 9.17) is 5.73 Å². The molecule has 0 amide bonds. The van der Waals surface area contributed by atoms with Crippen LogP contribution >= 0.6 is 0 Å². The Labute approximate surface area is 86.6 Å². The minimum atomic E-state index is -0.547. The first-order valence-electron chi connectivity index (χ1n) is 4.51. The molecule has 5 heteroatoms. The third kappa shape index (κ3) is 1.87. The fraction of sp³-hybridized carbons (Fsp3) is 0.200. The molecule has 1 atom stereocenters. The summed E-state index contributed by atoms with van der Waals surface area (Å²) in [5, 5.41) is 0. The second-order valence-corrected chi connectivity index (χ2v) is 3.34. The van der Waals surface area contributed by atoms with Crippen LogP contribution in [-0.4, -0.2) is 14.5 Å². The summed E-state index contributed by atoms with van der Waals surface area (Å²) in [5.41, 5.74) is 6.93. The lowest BCUT2D eigenvalue weighted by Crippen LogP contribution is -2.14. The van der Waals surface area contributed by atoms with Crippen molar-refractivity contribution in [1.29, 1.82) is 0 Å². The predicted octanol–water partition coefficient (Wildman–Crippen LogP) is 1.00. The van der Waals surface area contributed by atoms with Crippen molar-refractivity contribution in [3.8, 4) is 0 Å². The Morgan fingerprint density at radius 3 is 2.93 bits per heavy atom. The highest BCUT2D eigenvalue weighted by Crippen LogP contribution is 2.19. The van der Waals surface area contributed by atoms with Crippen LogP contribution in [0.1, 0.15) is 17.3 Å². The van der Waals surface area contributed by atoms with E-state index in [0.29, 0.717) is 11.3 Å². The molecule has 15 heavy (non-hydrogen) atoms. The van der Waals surface area contributed by atoms with E-state index < -0.39 is 11.9 Å². The van der Waals surface area contributed by atoms with Crippen molar-refractivity contribution < 1.29 is 4.39 Å². The van der Waals surface area contributed by atoms with E-state index in [1.54, 1.807) is 23.2 Å². The number of pyridine rings is 1. The van der Waals surface area contributed by atoms with Gasteiger partial charge < -0.3 is 10.3 Å².